The summed E-state index contributed by atoms with van der Waals surface area (Å²) in [4.78, 5) is 21.5. The third-order valence-electron chi connectivity index (χ3n) is 4.85. The fourth-order valence-electron chi connectivity index (χ4n) is 3.37. The van der Waals surface area contributed by atoms with Crippen LogP contribution >= 0.6 is 0 Å². The number of allylic oxidation sites excluding steroid dienone is 1. The van der Waals surface area contributed by atoms with Crippen LogP contribution in [0.25, 0.3) is 0 Å². The zero-order valence-corrected chi connectivity index (χ0v) is 16.2. The van der Waals surface area contributed by atoms with E-state index in [1.54, 1.807) is 6.07 Å². The van der Waals surface area contributed by atoms with E-state index in [2.05, 4.69) is 33.6 Å². The highest BCUT2D eigenvalue weighted by Crippen LogP contribution is 2.20. The third kappa shape index (κ3) is 5.39. The van der Waals surface area contributed by atoms with Crippen molar-refractivity contribution in [3.63, 3.8) is 0 Å². The first kappa shape index (κ1) is 19.1. The molecule has 0 fully saturated rings. The number of carbonyl (C=O) groups is 1. The van der Waals surface area contributed by atoms with Crippen molar-refractivity contribution in [3.05, 3.63) is 58.9 Å². The van der Waals surface area contributed by atoms with Gasteiger partial charge in [0.1, 0.15) is 5.69 Å². The lowest BCUT2D eigenvalue weighted by atomic mass is 9.97. The van der Waals surface area contributed by atoms with Gasteiger partial charge in [-0.3, -0.25) is 4.79 Å². The van der Waals surface area contributed by atoms with Crippen LogP contribution in [0.15, 0.2) is 42.0 Å². The summed E-state index contributed by atoms with van der Waals surface area (Å²) in [6, 6.07) is 9.56. The normalized spacial score (nSPS) is 13.8. The standard InChI is InChI=1S/C22H28N4O/c1-3-18-11-7-8-12-19(18)25-21(27)20-15-16(2)24-22(26-20)23-14-13-17-9-5-4-6-10-17/h7-9,11-12,15H,3-6,10,13-14H2,1-2H3,(H,25,27)(H,23,24,26). The molecule has 0 atom stereocenters. The highest BCUT2D eigenvalue weighted by atomic mass is 16.1. The molecule has 27 heavy (non-hydrogen) atoms. The van der Waals surface area contributed by atoms with E-state index in [-0.39, 0.29) is 5.91 Å². The van der Waals surface area contributed by atoms with Crippen LogP contribution in [0.4, 0.5) is 11.6 Å². The van der Waals surface area contributed by atoms with Gasteiger partial charge in [-0.1, -0.05) is 36.8 Å². The van der Waals surface area contributed by atoms with Crippen molar-refractivity contribution in [2.24, 2.45) is 0 Å². The van der Waals surface area contributed by atoms with E-state index in [1.165, 1.54) is 31.3 Å². The molecule has 1 aliphatic carbocycles. The summed E-state index contributed by atoms with van der Waals surface area (Å²) in [5.74, 6) is 0.305. The van der Waals surface area contributed by atoms with Gasteiger partial charge in [0, 0.05) is 17.9 Å². The summed E-state index contributed by atoms with van der Waals surface area (Å²) >= 11 is 0. The van der Waals surface area contributed by atoms with Gasteiger partial charge < -0.3 is 10.6 Å². The molecule has 2 aromatic rings. The van der Waals surface area contributed by atoms with Crippen molar-refractivity contribution in [1.29, 1.82) is 0 Å². The van der Waals surface area contributed by atoms with E-state index in [0.29, 0.717) is 11.6 Å². The molecule has 3 rings (SSSR count). The summed E-state index contributed by atoms with van der Waals surface area (Å²) in [5, 5.41) is 6.25. The number of carbonyl (C=O) groups excluding carboxylic acids is 1. The average molecular weight is 364 g/mol. The van der Waals surface area contributed by atoms with Gasteiger partial charge in [0.15, 0.2) is 0 Å². The van der Waals surface area contributed by atoms with Crippen LogP contribution < -0.4 is 10.6 Å². The van der Waals surface area contributed by atoms with Crippen LogP contribution in [0, 0.1) is 6.92 Å². The molecule has 2 N–H and O–H groups in total. The van der Waals surface area contributed by atoms with E-state index < -0.39 is 0 Å². The van der Waals surface area contributed by atoms with Gasteiger partial charge >= 0.3 is 0 Å². The monoisotopic (exact) mass is 364 g/mol. The second-order valence-corrected chi connectivity index (χ2v) is 6.97. The molecule has 5 heteroatoms. The average Bonchev–Trinajstić information content (AvgIpc) is 2.69. The molecule has 0 bridgehead atoms. The van der Waals surface area contributed by atoms with Crippen LogP contribution in [-0.2, 0) is 6.42 Å². The van der Waals surface area contributed by atoms with Crippen LogP contribution in [0.1, 0.15) is 60.8 Å². The first-order chi connectivity index (χ1) is 13.2. The molecule has 1 heterocycles. The number of hydrogen-bond acceptors (Lipinski definition) is 4. The molecule has 0 saturated carbocycles. The number of nitrogens with one attached hydrogen (secondary N) is 2. The Balaban J connectivity index is 1.65. The van der Waals surface area contributed by atoms with Crippen LogP contribution in [0.2, 0.25) is 0 Å². The number of nitrogens with zero attached hydrogens (tertiary/aromatic N) is 2. The van der Waals surface area contributed by atoms with Gasteiger partial charge in [-0.2, -0.15) is 0 Å². The van der Waals surface area contributed by atoms with Gasteiger partial charge in [0.2, 0.25) is 5.95 Å². The third-order valence-corrected chi connectivity index (χ3v) is 4.85. The van der Waals surface area contributed by atoms with Crippen LogP contribution in [0.5, 0.6) is 0 Å². The van der Waals surface area contributed by atoms with Crippen molar-refractivity contribution >= 4 is 17.5 Å². The lowest BCUT2D eigenvalue weighted by Crippen LogP contribution is -2.17. The molecule has 0 unspecified atom stereocenters. The van der Waals surface area contributed by atoms with E-state index in [1.807, 2.05) is 31.2 Å². The number of para-hydroxylation sites is 1. The zero-order valence-electron chi connectivity index (χ0n) is 16.2. The van der Waals surface area contributed by atoms with Gasteiger partial charge in [-0.15, -0.1) is 0 Å². The number of anilines is 2. The molecule has 1 aromatic carbocycles. The van der Waals surface area contributed by atoms with E-state index in [4.69, 9.17) is 0 Å². The fourth-order valence-corrected chi connectivity index (χ4v) is 3.37. The Labute approximate surface area is 161 Å². The Morgan fingerprint density at radius 3 is 2.81 bits per heavy atom. The lowest BCUT2D eigenvalue weighted by Gasteiger charge is -2.13. The lowest BCUT2D eigenvalue weighted by molar-refractivity contribution is 0.102. The summed E-state index contributed by atoms with van der Waals surface area (Å²) < 4.78 is 0. The van der Waals surface area contributed by atoms with Crippen LogP contribution in [-0.4, -0.2) is 22.4 Å². The molecule has 0 saturated heterocycles. The number of hydrogen-bond donors (Lipinski definition) is 2. The Bertz CT molecular complexity index is 829. The number of aromatic nitrogens is 2. The topological polar surface area (TPSA) is 66.9 Å². The second-order valence-electron chi connectivity index (χ2n) is 6.97. The van der Waals surface area contributed by atoms with Gasteiger partial charge in [-0.25, -0.2) is 9.97 Å². The largest absolute Gasteiger partial charge is 0.354 e. The highest BCUT2D eigenvalue weighted by molar-refractivity contribution is 6.03. The van der Waals surface area contributed by atoms with Crippen molar-refractivity contribution in [2.45, 2.75) is 52.4 Å². The Kier molecular flexibility index (Phi) is 6.58. The minimum atomic E-state index is -0.209. The molecule has 5 nitrogen and oxygen atoms in total. The fraction of sp³-hybridized carbons (Fsp3) is 0.409. The van der Waals surface area contributed by atoms with Gasteiger partial charge in [-0.05, 0) is 63.1 Å². The quantitative estimate of drug-likeness (QED) is 0.686. The van der Waals surface area contributed by atoms with E-state index >= 15 is 0 Å². The van der Waals surface area contributed by atoms with Gasteiger partial charge in [0.25, 0.3) is 5.91 Å². The first-order valence-electron chi connectivity index (χ1n) is 9.82. The maximum absolute atomic E-state index is 12.7. The molecular weight excluding hydrogens is 336 g/mol. The maximum atomic E-state index is 12.7. The molecule has 0 spiro atoms. The van der Waals surface area contributed by atoms with Crippen molar-refractivity contribution in [3.8, 4) is 0 Å². The van der Waals surface area contributed by atoms with Crippen molar-refractivity contribution in [2.75, 3.05) is 17.2 Å². The molecular formula is C22H28N4O. The first-order valence-corrected chi connectivity index (χ1v) is 9.82. The molecule has 1 aromatic heterocycles. The Morgan fingerprint density at radius 1 is 1.19 bits per heavy atom. The SMILES string of the molecule is CCc1ccccc1NC(=O)c1cc(C)nc(NCCC2=CCCCC2)n1. The Morgan fingerprint density at radius 2 is 2.04 bits per heavy atom. The van der Waals surface area contributed by atoms with E-state index in [9.17, 15) is 4.79 Å². The minimum absolute atomic E-state index is 0.209. The number of amides is 1. The summed E-state index contributed by atoms with van der Waals surface area (Å²) in [6.07, 6.45) is 9.20. The minimum Gasteiger partial charge on any atom is -0.354 e. The number of benzene rings is 1. The van der Waals surface area contributed by atoms with Gasteiger partial charge in [0.05, 0.1) is 0 Å². The highest BCUT2D eigenvalue weighted by Gasteiger charge is 2.12. The summed E-state index contributed by atoms with van der Waals surface area (Å²) in [7, 11) is 0. The zero-order chi connectivity index (χ0) is 19.1. The molecule has 142 valence electrons. The summed E-state index contributed by atoms with van der Waals surface area (Å²) in [6.45, 7) is 4.74. The molecule has 1 aliphatic rings. The molecule has 0 radical (unpaired) electrons. The molecule has 0 aliphatic heterocycles. The Hall–Kier alpha value is -2.69. The predicted octanol–water partition coefficient (Wildman–Crippen LogP) is 4.90. The number of rotatable bonds is 7. The molecule has 1 amide bonds. The van der Waals surface area contributed by atoms with Crippen molar-refractivity contribution < 1.29 is 4.79 Å². The van der Waals surface area contributed by atoms with E-state index in [0.717, 1.165) is 36.3 Å². The second kappa shape index (κ2) is 9.31. The smallest absolute Gasteiger partial charge is 0.274 e. The van der Waals surface area contributed by atoms with Crippen LogP contribution in [0.3, 0.4) is 0 Å². The maximum Gasteiger partial charge on any atom is 0.274 e. The van der Waals surface area contributed by atoms with Crippen molar-refractivity contribution in [1.82, 2.24) is 9.97 Å². The summed E-state index contributed by atoms with van der Waals surface area (Å²) in [5.41, 5.74) is 4.61. The predicted molar refractivity (Wildman–Crippen MR) is 110 cm³/mol. The number of aryl methyl sites for hydroxylation is 2.